The second kappa shape index (κ2) is 7.40. The van der Waals surface area contributed by atoms with Crippen molar-refractivity contribution in [3.63, 3.8) is 0 Å². The smallest absolute Gasteiger partial charge is 0.266 e. The van der Waals surface area contributed by atoms with Crippen LogP contribution in [0.5, 0.6) is 0 Å². The molecule has 10 heteroatoms. The van der Waals surface area contributed by atoms with Gasteiger partial charge in [0.05, 0.1) is 16.4 Å². The summed E-state index contributed by atoms with van der Waals surface area (Å²) in [7, 11) is 0.365. The van der Waals surface area contributed by atoms with Gasteiger partial charge in [0.15, 0.2) is 9.84 Å². The molecule has 1 aromatic rings. The molecule has 2 aliphatic heterocycles. The zero-order chi connectivity index (χ0) is 19.9. The molecular weight excluding hydrogens is 406 g/mol. The summed E-state index contributed by atoms with van der Waals surface area (Å²) < 4.78 is 25.6. The molecule has 0 saturated carbocycles. The number of aromatic nitrogens is 1. The molecule has 0 N–H and O–H groups in total. The van der Waals surface area contributed by atoms with Crippen molar-refractivity contribution in [3.8, 4) is 0 Å². The lowest BCUT2D eigenvalue weighted by Gasteiger charge is -2.30. The Morgan fingerprint density at radius 1 is 1.48 bits per heavy atom. The average molecular weight is 428 g/mol. The van der Waals surface area contributed by atoms with Crippen molar-refractivity contribution in [2.75, 3.05) is 18.6 Å². The fraction of sp³-hybridized carbons (Fsp3) is 0.471. The second-order valence-electron chi connectivity index (χ2n) is 6.78. The molecule has 0 spiro atoms. The standard InChI is InChI=1S/C17H21N3O4S3/c1-11(15(21)19(3)13-6-8-27(23,24)10-13)20-16(22)14(26-17(20)25)9-12-5-4-7-18(12)2/h4-5,7,9,11,13H,6,8,10H2,1-3H3. The van der Waals surface area contributed by atoms with Gasteiger partial charge < -0.3 is 9.47 Å². The third-order valence-corrected chi connectivity index (χ3v) is 8.02. The molecule has 2 fully saturated rings. The number of aryl methyl sites for hydroxylation is 1. The molecule has 0 radical (unpaired) electrons. The van der Waals surface area contributed by atoms with Crippen LogP contribution in [0.1, 0.15) is 19.0 Å². The van der Waals surface area contributed by atoms with Gasteiger partial charge >= 0.3 is 0 Å². The predicted molar refractivity (Wildman–Crippen MR) is 110 cm³/mol. The number of hydrogen-bond acceptors (Lipinski definition) is 6. The molecule has 27 heavy (non-hydrogen) atoms. The lowest BCUT2D eigenvalue weighted by atomic mass is 10.2. The van der Waals surface area contributed by atoms with Crippen molar-refractivity contribution in [1.29, 1.82) is 0 Å². The Balaban J connectivity index is 1.76. The molecule has 0 bridgehead atoms. The van der Waals surface area contributed by atoms with Crippen molar-refractivity contribution < 1.29 is 18.0 Å². The van der Waals surface area contributed by atoms with Crippen LogP contribution in [0.2, 0.25) is 0 Å². The topological polar surface area (TPSA) is 79.7 Å². The highest BCUT2D eigenvalue weighted by Gasteiger charge is 2.41. The molecule has 3 rings (SSSR count). The summed E-state index contributed by atoms with van der Waals surface area (Å²) in [5.41, 5.74) is 0.864. The summed E-state index contributed by atoms with van der Waals surface area (Å²) in [5, 5.41) is 0. The number of rotatable bonds is 4. The maximum atomic E-state index is 12.8. The van der Waals surface area contributed by atoms with Crippen molar-refractivity contribution in [2.24, 2.45) is 7.05 Å². The second-order valence-corrected chi connectivity index (χ2v) is 10.7. The normalized spacial score (nSPS) is 24.6. The Kier molecular flexibility index (Phi) is 5.51. The lowest BCUT2D eigenvalue weighted by Crippen LogP contribution is -2.50. The van der Waals surface area contributed by atoms with E-state index in [0.717, 1.165) is 5.69 Å². The number of amides is 2. The summed E-state index contributed by atoms with van der Waals surface area (Å²) in [6.45, 7) is 1.62. The Labute approximate surface area is 168 Å². The van der Waals surface area contributed by atoms with Crippen molar-refractivity contribution in [1.82, 2.24) is 14.4 Å². The quantitative estimate of drug-likeness (QED) is 0.532. The monoisotopic (exact) mass is 427 g/mol. The zero-order valence-corrected chi connectivity index (χ0v) is 17.7. The Bertz CT molecular complexity index is 935. The van der Waals surface area contributed by atoms with Crippen LogP contribution in [0, 0.1) is 0 Å². The Morgan fingerprint density at radius 2 is 2.19 bits per heavy atom. The van der Waals surface area contributed by atoms with Crippen LogP contribution < -0.4 is 0 Å². The summed E-state index contributed by atoms with van der Waals surface area (Å²) in [6, 6.07) is 2.62. The third-order valence-electron chi connectivity index (χ3n) is 4.93. The van der Waals surface area contributed by atoms with E-state index in [-0.39, 0.29) is 29.4 Å². The van der Waals surface area contributed by atoms with Crippen molar-refractivity contribution in [3.05, 3.63) is 28.9 Å². The fourth-order valence-corrected chi connectivity index (χ4v) is 6.42. The minimum absolute atomic E-state index is 0.0340. The van der Waals surface area contributed by atoms with Gasteiger partial charge in [-0.05, 0) is 31.6 Å². The molecule has 7 nitrogen and oxygen atoms in total. The van der Waals surface area contributed by atoms with Crippen LogP contribution in [-0.4, -0.2) is 69.6 Å². The van der Waals surface area contributed by atoms with Crippen molar-refractivity contribution in [2.45, 2.75) is 25.4 Å². The molecule has 1 aromatic heterocycles. The number of nitrogens with zero attached hydrogens (tertiary/aromatic N) is 3. The zero-order valence-electron chi connectivity index (χ0n) is 15.3. The van der Waals surface area contributed by atoms with E-state index in [1.54, 1.807) is 20.0 Å². The van der Waals surface area contributed by atoms with Gasteiger partial charge in [-0.3, -0.25) is 14.5 Å². The largest absolute Gasteiger partial charge is 0.351 e. The van der Waals surface area contributed by atoms with E-state index in [0.29, 0.717) is 15.6 Å². The lowest BCUT2D eigenvalue weighted by molar-refractivity contribution is -0.139. The number of carbonyl (C=O) groups is 2. The first-order valence-electron chi connectivity index (χ1n) is 8.46. The van der Waals surface area contributed by atoms with Crippen LogP contribution in [0.25, 0.3) is 6.08 Å². The molecule has 0 aromatic carbocycles. The molecular formula is C17H21N3O4S3. The maximum Gasteiger partial charge on any atom is 0.266 e. The highest BCUT2D eigenvalue weighted by molar-refractivity contribution is 8.26. The van der Waals surface area contributed by atoms with Crippen molar-refractivity contribution >= 4 is 56.0 Å². The van der Waals surface area contributed by atoms with E-state index in [1.807, 2.05) is 29.9 Å². The van der Waals surface area contributed by atoms with Crippen LogP contribution >= 0.6 is 24.0 Å². The minimum atomic E-state index is -3.10. The van der Waals surface area contributed by atoms with Gasteiger partial charge in [0.2, 0.25) is 5.91 Å². The number of thioether (sulfide) groups is 1. The molecule has 146 valence electrons. The van der Waals surface area contributed by atoms with E-state index in [1.165, 1.54) is 21.6 Å². The van der Waals surface area contributed by atoms with Gasteiger partial charge in [-0.25, -0.2) is 8.42 Å². The average Bonchev–Trinajstić information content (AvgIpc) is 3.25. The number of thiocarbonyl (C=S) groups is 1. The highest BCUT2D eigenvalue weighted by Crippen LogP contribution is 2.34. The first-order valence-corrected chi connectivity index (χ1v) is 11.5. The first-order chi connectivity index (χ1) is 12.6. The molecule has 2 saturated heterocycles. The van der Waals surface area contributed by atoms with Gasteiger partial charge in [-0.15, -0.1) is 0 Å². The van der Waals surface area contributed by atoms with Gasteiger partial charge in [0.25, 0.3) is 5.91 Å². The van der Waals surface area contributed by atoms with Gasteiger partial charge in [-0.1, -0.05) is 24.0 Å². The molecule has 2 amide bonds. The number of carbonyl (C=O) groups excluding carboxylic acids is 2. The molecule has 3 heterocycles. The fourth-order valence-electron chi connectivity index (χ4n) is 3.24. The van der Waals surface area contributed by atoms with Gasteiger partial charge in [0.1, 0.15) is 10.4 Å². The molecule has 0 aliphatic carbocycles. The van der Waals surface area contributed by atoms with E-state index >= 15 is 0 Å². The molecule has 2 aliphatic rings. The summed E-state index contributed by atoms with van der Waals surface area (Å²) in [6.07, 6.45) is 4.05. The van der Waals surface area contributed by atoms with Gasteiger partial charge in [-0.2, -0.15) is 0 Å². The predicted octanol–water partition coefficient (Wildman–Crippen LogP) is 1.26. The van der Waals surface area contributed by atoms with Crippen LogP contribution in [-0.2, 0) is 26.5 Å². The molecule has 2 atom stereocenters. The minimum Gasteiger partial charge on any atom is -0.351 e. The summed E-state index contributed by atoms with van der Waals surface area (Å²) in [5.74, 6) is -0.564. The van der Waals surface area contributed by atoms with E-state index in [9.17, 15) is 18.0 Å². The highest BCUT2D eigenvalue weighted by atomic mass is 32.2. The SMILES string of the molecule is CC(C(=O)N(C)C1CCS(=O)(=O)C1)N1C(=O)C(=Cc2cccn2C)SC1=S. The number of sulfone groups is 1. The Morgan fingerprint density at radius 3 is 2.74 bits per heavy atom. The number of likely N-dealkylation sites (N-methyl/N-ethyl adjacent to an activating group) is 1. The third kappa shape index (κ3) is 3.97. The number of hydrogen-bond donors (Lipinski definition) is 0. The molecule has 2 unspecified atom stereocenters. The van der Waals surface area contributed by atoms with Crippen LogP contribution in [0.15, 0.2) is 23.2 Å². The van der Waals surface area contributed by atoms with Crippen LogP contribution in [0.4, 0.5) is 0 Å². The van der Waals surface area contributed by atoms with E-state index < -0.39 is 15.9 Å². The first kappa shape index (κ1) is 20.1. The van der Waals surface area contributed by atoms with E-state index in [4.69, 9.17) is 12.2 Å². The van der Waals surface area contributed by atoms with Crippen LogP contribution in [0.3, 0.4) is 0 Å². The van der Waals surface area contributed by atoms with E-state index in [2.05, 4.69) is 0 Å². The Hall–Kier alpha value is -1.65. The summed E-state index contributed by atoms with van der Waals surface area (Å²) >= 11 is 6.50. The summed E-state index contributed by atoms with van der Waals surface area (Å²) in [4.78, 5) is 28.9. The van der Waals surface area contributed by atoms with Gasteiger partial charge in [0, 0.05) is 32.0 Å². The maximum absolute atomic E-state index is 12.8.